The van der Waals surface area contributed by atoms with Crippen LogP contribution in [0.25, 0.3) is 0 Å². The number of aromatic nitrogens is 3. The highest BCUT2D eigenvalue weighted by molar-refractivity contribution is 9.10. The van der Waals surface area contributed by atoms with Gasteiger partial charge in [-0.15, -0.1) is 0 Å². The Balaban J connectivity index is 2.02. The molecule has 88 valence electrons. The zero-order chi connectivity index (χ0) is 12.3. The minimum absolute atomic E-state index is 0.626. The summed E-state index contributed by atoms with van der Waals surface area (Å²) >= 11 is 3.42. The van der Waals surface area contributed by atoms with Gasteiger partial charge in [-0.05, 0) is 41.9 Å². The van der Waals surface area contributed by atoms with Gasteiger partial charge in [0.25, 0.3) is 0 Å². The molecular formula is C12H13BrN4. The lowest BCUT2D eigenvalue weighted by molar-refractivity contribution is 0.973. The van der Waals surface area contributed by atoms with Gasteiger partial charge in [0.1, 0.15) is 5.82 Å². The molecular weight excluding hydrogens is 280 g/mol. The van der Waals surface area contributed by atoms with E-state index in [4.69, 9.17) is 0 Å². The van der Waals surface area contributed by atoms with Crippen molar-refractivity contribution in [2.45, 2.75) is 20.4 Å². The van der Waals surface area contributed by atoms with Gasteiger partial charge in [0.05, 0.1) is 29.8 Å². The van der Waals surface area contributed by atoms with Gasteiger partial charge in [-0.1, -0.05) is 0 Å². The average molecular weight is 293 g/mol. The highest BCUT2D eigenvalue weighted by atomic mass is 79.9. The zero-order valence-electron chi connectivity index (χ0n) is 9.74. The maximum atomic E-state index is 4.40. The summed E-state index contributed by atoms with van der Waals surface area (Å²) in [6.07, 6.45) is 3.53. The van der Waals surface area contributed by atoms with E-state index in [0.29, 0.717) is 6.54 Å². The van der Waals surface area contributed by atoms with Gasteiger partial charge >= 0.3 is 0 Å². The van der Waals surface area contributed by atoms with Gasteiger partial charge in [0.2, 0.25) is 0 Å². The first-order valence-corrected chi connectivity index (χ1v) is 6.09. The van der Waals surface area contributed by atoms with Crippen molar-refractivity contribution >= 4 is 21.7 Å². The Labute approximate surface area is 109 Å². The Kier molecular flexibility index (Phi) is 3.68. The molecule has 2 aromatic rings. The summed E-state index contributed by atoms with van der Waals surface area (Å²) in [6.45, 7) is 4.51. The summed E-state index contributed by atoms with van der Waals surface area (Å²) in [5.74, 6) is 0.841. The fourth-order valence-electron chi connectivity index (χ4n) is 1.33. The highest BCUT2D eigenvalue weighted by Gasteiger charge is 2.00. The summed E-state index contributed by atoms with van der Waals surface area (Å²) in [6, 6.07) is 3.91. The lowest BCUT2D eigenvalue weighted by Crippen LogP contribution is -2.04. The number of pyridine rings is 1. The van der Waals surface area contributed by atoms with Crippen LogP contribution in [-0.2, 0) is 6.54 Å². The number of hydrogen-bond acceptors (Lipinski definition) is 4. The molecule has 1 N–H and O–H groups in total. The number of anilines is 1. The predicted molar refractivity (Wildman–Crippen MR) is 70.8 cm³/mol. The third kappa shape index (κ3) is 3.23. The number of hydrogen-bond donors (Lipinski definition) is 1. The Morgan fingerprint density at radius 3 is 2.65 bits per heavy atom. The maximum absolute atomic E-state index is 4.40. The first-order valence-electron chi connectivity index (χ1n) is 5.29. The van der Waals surface area contributed by atoms with E-state index in [0.717, 1.165) is 27.4 Å². The molecule has 0 amide bonds. The van der Waals surface area contributed by atoms with E-state index < -0.39 is 0 Å². The number of nitrogens with one attached hydrogen (secondary N) is 1. The molecule has 0 radical (unpaired) electrons. The Morgan fingerprint density at radius 1 is 1.18 bits per heavy atom. The van der Waals surface area contributed by atoms with Crippen molar-refractivity contribution in [3.63, 3.8) is 0 Å². The molecule has 2 rings (SSSR count). The van der Waals surface area contributed by atoms with Crippen molar-refractivity contribution in [3.05, 3.63) is 46.1 Å². The lowest BCUT2D eigenvalue weighted by Gasteiger charge is -2.06. The normalized spacial score (nSPS) is 10.3. The average Bonchev–Trinajstić information content (AvgIpc) is 2.33. The van der Waals surface area contributed by atoms with Gasteiger partial charge in [-0.2, -0.15) is 0 Å². The smallest absolute Gasteiger partial charge is 0.126 e. The van der Waals surface area contributed by atoms with E-state index in [1.165, 1.54) is 0 Å². The molecule has 0 saturated heterocycles. The van der Waals surface area contributed by atoms with Crippen LogP contribution >= 0.6 is 15.9 Å². The maximum Gasteiger partial charge on any atom is 0.126 e. The van der Waals surface area contributed by atoms with Crippen LogP contribution in [0.4, 0.5) is 5.82 Å². The molecule has 17 heavy (non-hydrogen) atoms. The molecule has 4 nitrogen and oxygen atoms in total. The Morgan fingerprint density at radius 2 is 2.00 bits per heavy atom. The van der Waals surface area contributed by atoms with Gasteiger partial charge in [0, 0.05) is 10.7 Å². The van der Waals surface area contributed by atoms with Gasteiger partial charge < -0.3 is 5.32 Å². The van der Waals surface area contributed by atoms with Crippen LogP contribution in [0.5, 0.6) is 0 Å². The van der Waals surface area contributed by atoms with Crippen molar-refractivity contribution in [2.24, 2.45) is 0 Å². The molecule has 0 aromatic carbocycles. The van der Waals surface area contributed by atoms with Crippen molar-refractivity contribution in [2.75, 3.05) is 5.32 Å². The van der Waals surface area contributed by atoms with Crippen LogP contribution in [-0.4, -0.2) is 15.0 Å². The topological polar surface area (TPSA) is 50.7 Å². The molecule has 0 fully saturated rings. The van der Waals surface area contributed by atoms with Gasteiger partial charge in [-0.25, -0.2) is 4.98 Å². The van der Waals surface area contributed by atoms with E-state index in [-0.39, 0.29) is 0 Å². The summed E-state index contributed by atoms with van der Waals surface area (Å²) in [5, 5.41) is 3.21. The first-order chi connectivity index (χ1) is 8.15. The van der Waals surface area contributed by atoms with Crippen molar-refractivity contribution in [1.82, 2.24) is 15.0 Å². The minimum Gasteiger partial charge on any atom is -0.364 e. The van der Waals surface area contributed by atoms with Crippen molar-refractivity contribution in [1.29, 1.82) is 0 Å². The molecule has 0 aliphatic rings. The van der Waals surface area contributed by atoms with Crippen LogP contribution in [0, 0.1) is 13.8 Å². The fourth-order valence-corrected chi connectivity index (χ4v) is 1.56. The molecule has 0 saturated carbocycles. The number of halogens is 1. The first kappa shape index (κ1) is 12.0. The van der Waals surface area contributed by atoms with Crippen LogP contribution in [0.15, 0.2) is 29.0 Å². The lowest BCUT2D eigenvalue weighted by atomic mass is 10.3. The molecule has 0 atom stereocenters. The van der Waals surface area contributed by atoms with Gasteiger partial charge in [0.15, 0.2) is 0 Å². The largest absolute Gasteiger partial charge is 0.364 e. The monoisotopic (exact) mass is 292 g/mol. The third-order valence-electron chi connectivity index (χ3n) is 2.31. The van der Waals surface area contributed by atoms with E-state index in [1.807, 2.05) is 26.0 Å². The molecule has 5 heteroatoms. The zero-order valence-corrected chi connectivity index (χ0v) is 11.3. The van der Waals surface area contributed by atoms with Crippen LogP contribution in [0.1, 0.15) is 17.1 Å². The SMILES string of the molecule is Cc1cnc(CNc2ccc(Br)c(C)n2)cn1. The standard InChI is InChI=1S/C12H13BrN4/c1-8-5-15-10(6-14-8)7-16-12-4-3-11(13)9(2)17-12/h3-6H,7H2,1-2H3,(H,16,17). The van der Waals surface area contributed by atoms with Crippen molar-refractivity contribution < 1.29 is 0 Å². The van der Waals surface area contributed by atoms with Crippen LogP contribution in [0.3, 0.4) is 0 Å². The van der Waals surface area contributed by atoms with Crippen molar-refractivity contribution in [3.8, 4) is 0 Å². The molecule has 0 aliphatic carbocycles. The predicted octanol–water partition coefficient (Wildman–Crippen LogP) is 2.86. The second-order valence-corrected chi connectivity index (χ2v) is 4.62. The minimum atomic E-state index is 0.626. The molecule has 0 aliphatic heterocycles. The summed E-state index contributed by atoms with van der Waals surface area (Å²) in [4.78, 5) is 12.9. The molecule has 0 bridgehead atoms. The Bertz CT molecular complexity index is 510. The van der Waals surface area contributed by atoms with Crippen LogP contribution in [0.2, 0.25) is 0 Å². The number of rotatable bonds is 3. The summed E-state index contributed by atoms with van der Waals surface area (Å²) in [5.41, 5.74) is 2.79. The van der Waals surface area contributed by atoms with E-state index in [1.54, 1.807) is 12.4 Å². The highest BCUT2D eigenvalue weighted by Crippen LogP contribution is 2.16. The number of nitrogens with zero attached hydrogens (tertiary/aromatic N) is 3. The molecule has 0 unspecified atom stereocenters. The second kappa shape index (κ2) is 5.23. The summed E-state index contributed by atoms with van der Waals surface area (Å²) < 4.78 is 1.01. The Hall–Kier alpha value is -1.49. The quantitative estimate of drug-likeness (QED) is 0.945. The van der Waals surface area contributed by atoms with E-state index >= 15 is 0 Å². The molecule has 2 heterocycles. The van der Waals surface area contributed by atoms with E-state index in [9.17, 15) is 0 Å². The molecule has 2 aromatic heterocycles. The van der Waals surface area contributed by atoms with Crippen LogP contribution < -0.4 is 5.32 Å². The third-order valence-corrected chi connectivity index (χ3v) is 3.14. The van der Waals surface area contributed by atoms with Gasteiger partial charge in [-0.3, -0.25) is 9.97 Å². The fraction of sp³-hybridized carbons (Fsp3) is 0.250. The molecule has 0 spiro atoms. The summed E-state index contributed by atoms with van der Waals surface area (Å²) in [7, 11) is 0. The second-order valence-electron chi connectivity index (χ2n) is 3.77. The van der Waals surface area contributed by atoms with E-state index in [2.05, 4.69) is 36.2 Å². The number of aryl methyl sites for hydroxylation is 2.